The maximum atomic E-state index is 14.5. The number of hydrogen-bond donors (Lipinski definition) is 18. The van der Waals surface area contributed by atoms with Crippen molar-refractivity contribution in [2.45, 2.75) is 177 Å². The summed E-state index contributed by atoms with van der Waals surface area (Å²) in [4.78, 5) is 187. The van der Waals surface area contributed by atoms with Gasteiger partial charge in [-0.15, -0.1) is 0 Å². The van der Waals surface area contributed by atoms with Crippen LogP contribution < -0.4 is 76.5 Å². The summed E-state index contributed by atoms with van der Waals surface area (Å²) in [5, 5.41) is 44.3. The normalized spacial score (nSPS) is 17.1. The number of amides is 12. The van der Waals surface area contributed by atoms with Gasteiger partial charge in [0.25, 0.3) is 0 Å². The molecular weight excluding hydrogens is 1290 g/mol. The molecule has 5 rings (SSSR count). The fourth-order valence-corrected chi connectivity index (χ4v) is 11.7. The molecule has 34 heteroatoms. The number of rotatable bonds is 40. The van der Waals surface area contributed by atoms with E-state index in [1.807, 2.05) is 0 Å². The first-order valence-electron chi connectivity index (χ1n) is 32.8. The molecule has 538 valence electrons. The molecule has 0 bridgehead atoms. The number of para-hydroxylation sites is 1. The van der Waals surface area contributed by atoms with E-state index in [9.17, 15) is 72.5 Å². The van der Waals surface area contributed by atoms with Crippen molar-refractivity contribution in [3.8, 4) is 0 Å². The lowest BCUT2D eigenvalue weighted by Crippen LogP contribution is -2.60. The van der Waals surface area contributed by atoms with Crippen molar-refractivity contribution >= 4 is 106 Å². The number of nitrogens with zero attached hydrogens (tertiary/aromatic N) is 3. The molecule has 0 radical (unpaired) electrons. The molecule has 2 fully saturated rings. The number of benzene rings is 2. The van der Waals surface area contributed by atoms with Crippen molar-refractivity contribution in [1.82, 2.24) is 62.6 Å². The second kappa shape index (κ2) is 39.7. The van der Waals surface area contributed by atoms with Gasteiger partial charge in [0.1, 0.15) is 60.4 Å². The highest BCUT2D eigenvalue weighted by Gasteiger charge is 2.42. The van der Waals surface area contributed by atoms with Crippen LogP contribution in [0.3, 0.4) is 0 Å². The van der Waals surface area contributed by atoms with Gasteiger partial charge in [0.15, 0.2) is 5.96 Å². The molecule has 1 aromatic heterocycles. The average molecular weight is 1390 g/mol. The first kappa shape index (κ1) is 79.3. The highest BCUT2D eigenvalue weighted by atomic mass is 32.1. The Morgan fingerprint density at radius 3 is 1.71 bits per heavy atom. The number of likely N-dealkylation sites (tertiary alicyclic amines) is 2. The minimum Gasteiger partial charge on any atom is -0.480 e. The molecule has 0 aliphatic carbocycles. The third-order valence-electron chi connectivity index (χ3n) is 16.6. The van der Waals surface area contributed by atoms with Crippen LogP contribution in [0.5, 0.6) is 0 Å². The summed E-state index contributed by atoms with van der Waals surface area (Å²) >= 11 is 4.06. The third kappa shape index (κ3) is 24.6. The van der Waals surface area contributed by atoms with Crippen LogP contribution in [0, 0.1) is 5.92 Å². The minimum absolute atomic E-state index is 0.0156. The number of nitrogens with two attached hydrogens (primary N) is 5. The first-order chi connectivity index (χ1) is 46.7. The molecule has 98 heavy (non-hydrogen) atoms. The average Bonchev–Trinajstić information content (AvgIpc) is 1.63. The highest BCUT2D eigenvalue weighted by Crippen LogP contribution is 2.24. The van der Waals surface area contributed by atoms with Crippen LogP contribution >= 0.6 is 12.6 Å². The maximum absolute atomic E-state index is 14.5. The van der Waals surface area contributed by atoms with E-state index < -0.39 is 156 Å². The monoisotopic (exact) mass is 1390 g/mol. The van der Waals surface area contributed by atoms with Crippen molar-refractivity contribution in [2.75, 3.05) is 45.1 Å². The first-order valence-corrected chi connectivity index (χ1v) is 33.4. The van der Waals surface area contributed by atoms with Crippen LogP contribution in [0.15, 0.2) is 65.8 Å². The lowest BCUT2D eigenvalue weighted by atomic mass is 10.0. The lowest BCUT2D eigenvalue weighted by molar-refractivity contribution is -0.144. The summed E-state index contributed by atoms with van der Waals surface area (Å²) in [6.07, 6.45) is 2.73. The molecule has 2 aliphatic heterocycles. The summed E-state index contributed by atoms with van der Waals surface area (Å²) in [7, 11) is 0. The number of hydrogen-bond acceptors (Lipinski definition) is 18. The number of carbonyl (C=O) groups excluding carboxylic acids is 12. The summed E-state index contributed by atoms with van der Waals surface area (Å²) in [5.74, 6) is -11.8. The van der Waals surface area contributed by atoms with E-state index in [2.05, 4.69) is 70.5 Å². The molecule has 0 spiro atoms. The van der Waals surface area contributed by atoms with Crippen molar-refractivity contribution in [3.63, 3.8) is 0 Å². The van der Waals surface area contributed by atoms with Crippen LogP contribution in [0.1, 0.15) is 109 Å². The fourth-order valence-electron chi connectivity index (χ4n) is 11.5. The van der Waals surface area contributed by atoms with Gasteiger partial charge >= 0.3 is 5.97 Å². The molecule has 2 aromatic carbocycles. The summed E-state index contributed by atoms with van der Waals surface area (Å²) < 4.78 is 0. The van der Waals surface area contributed by atoms with Crippen LogP contribution in [0.2, 0.25) is 0 Å². The zero-order chi connectivity index (χ0) is 72.2. The van der Waals surface area contributed by atoms with E-state index in [1.54, 1.807) is 74.6 Å². The number of H-pyrrole nitrogens is 1. The molecule has 3 aromatic rings. The number of primary amides is 1. The van der Waals surface area contributed by atoms with Crippen molar-refractivity contribution < 1.29 is 72.5 Å². The SMILES string of the molecule is CC(C)C[C@H](NC(=O)CNC(=O)[C@H](CCCCN)NC(=O)[C@H](Cc1ccccc1)NC(=O)[C@H](CO)NC(=O)[C@@H]1CCCN1C(=O)[C@H](CCC(N)=O)NC(=O)[C@@H]1CCCN1C(=O)[C@H](C)N)C(=O)N[C@@H](CCCN=C(N)N)C(=O)N[C@@H](Cc1c[nH]c2ccccc12)C(=O)N[C@@H](CS)C(=O)O. The van der Waals surface area contributed by atoms with Crippen molar-refractivity contribution in [2.24, 2.45) is 39.6 Å². The minimum atomic E-state index is -1.71. The molecule has 22 N–H and O–H groups in total. The molecule has 0 saturated carbocycles. The smallest absolute Gasteiger partial charge is 0.327 e. The Morgan fingerprint density at radius 1 is 0.612 bits per heavy atom. The van der Waals surface area contributed by atoms with E-state index in [1.165, 1.54) is 16.7 Å². The molecule has 33 nitrogen and oxygen atoms in total. The molecule has 11 atom stereocenters. The van der Waals surface area contributed by atoms with Gasteiger partial charge in [0.05, 0.1) is 19.2 Å². The third-order valence-corrected chi connectivity index (χ3v) is 16.9. The standard InChI is InChI=1S/C64H96N18O15S/c1-35(2)28-44(55(88)75-42(19-11-25-70-64(68)69)54(87)78-46(57(90)80-48(34-98)63(96)97)30-38-31-71-40-17-8-7-16-39(38)40)73-52(85)32-72-53(86)41(18-9-10-24-65)74-56(89)45(29-37-14-5-4-6-15-37)77-58(91)47(33-83)79-60(93)50-21-13-27-82(50)62(95)43(22-23-51(67)84)76-59(92)49-20-12-26-81(49)61(94)36(3)66/h4-8,14-17,31,35-36,41-50,71,83,98H,9-13,18-30,32-34,65-66H2,1-3H3,(H2,67,84)(H,72,86)(H,73,85)(H,74,89)(H,75,88)(H,76,92)(H,77,91)(H,78,87)(H,79,93)(H,80,90)(H,96,97)(H4,68,69,70)/t36-,41-,42-,43-,44-,45-,46-,47-,48-,49-,50-/m0/s1. The van der Waals surface area contributed by atoms with Crippen molar-refractivity contribution in [3.05, 3.63) is 71.9 Å². The Kier molecular flexibility index (Phi) is 32.1. The number of guanidine groups is 1. The predicted octanol–water partition coefficient (Wildman–Crippen LogP) is -4.22. The molecule has 3 heterocycles. The number of aliphatic hydroxyl groups is 1. The van der Waals surface area contributed by atoms with Gasteiger partial charge in [-0.1, -0.05) is 62.4 Å². The Labute approximate surface area is 573 Å². The summed E-state index contributed by atoms with van der Waals surface area (Å²) in [6.45, 7) is 3.83. The van der Waals surface area contributed by atoms with Gasteiger partial charge < -0.3 is 102 Å². The van der Waals surface area contributed by atoms with Gasteiger partial charge in [-0.05, 0) is 107 Å². The van der Waals surface area contributed by atoms with Gasteiger partial charge in [-0.25, -0.2) is 4.79 Å². The topological polar surface area (TPSA) is 535 Å². The number of fused-ring (bicyclic) bond motifs is 1. The number of aromatic nitrogens is 1. The number of nitrogens with one attached hydrogen (secondary N) is 10. The van der Waals surface area contributed by atoms with Crippen LogP contribution in [0.4, 0.5) is 0 Å². The Bertz CT molecular complexity index is 3300. The number of aromatic amines is 1. The van der Waals surface area contributed by atoms with E-state index >= 15 is 0 Å². The van der Waals surface area contributed by atoms with E-state index in [4.69, 9.17) is 28.7 Å². The molecule has 0 unspecified atom stereocenters. The Hall–Kier alpha value is -9.41. The molecule has 12 amide bonds. The number of aliphatic hydroxyl groups excluding tert-OH is 1. The van der Waals surface area contributed by atoms with Crippen LogP contribution in [-0.4, -0.2) is 219 Å². The maximum Gasteiger partial charge on any atom is 0.327 e. The largest absolute Gasteiger partial charge is 0.480 e. The number of carboxylic acids is 1. The number of aliphatic imine (C=N–C) groups is 1. The van der Waals surface area contributed by atoms with E-state index in [-0.39, 0.29) is 108 Å². The van der Waals surface area contributed by atoms with Gasteiger partial charge in [-0.2, -0.15) is 12.6 Å². The second-order valence-electron chi connectivity index (χ2n) is 24.8. The summed E-state index contributed by atoms with van der Waals surface area (Å²) in [6, 6.07) is 1.12. The molecule has 2 aliphatic rings. The number of carboxylic acid groups (broad SMARTS) is 1. The molecule has 2 saturated heterocycles. The number of carbonyl (C=O) groups is 13. The number of unbranched alkanes of at least 4 members (excludes halogenated alkanes) is 1. The van der Waals surface area contributed by atoms with E-state index in [0.717, 1.165) is 10.9 Å². The zero-order valence-electron chi connectivity index (χ0n) is 55.4. The lowest BCUT2D eigenvalue weighted by Gasteiger charge is -2.31. The predicted molar refractivity (Wildman–Crippen MR) is 363 cm³/mol. The Balaban J connectivity index is 1.29. The molecular formula is C64H96N18O15S. The van der Waals surface area contributed by atoms with Gasteiger partial charge in [-0.3, -0.25) is 62.5 Å². The second-order valence-corrected chi connectivity index (χ2v) is 25.1. The quantitative estimate of drug-likeness (QED) is 0.0111. The fraction of sp³-hybridized carbons (Fsp3) is 0.562. The van der Waals surface area contributed by atoms with Crippen LogP contribution in [0.25, 0.3) is 10.9 Å². The van der Waals surface area contributed by atoms with Gasteiger partial charge in [0, 0.05) is 61.7 Å². The summed E-state index contributed by atoms with van der Waals surface area (Å²) in [5.41, 5.74) is 30.0. The number of thiol groups is 1. The van der Waals surface area contributed by atoms with Crippen LogP contribution in [-0.2, 0) is 75.2 Å². The van der Waals surface area contributed by atoms with Crippen molar-refractivity contribution in [1.29, 1.82) is 0 Å². The zero-order valence-corrected chi connectivity index (χ0v) is 56.3. The Morgan fingerprint density at radius 2 is 1.14 bits per heavy atom. The number of aliphatic carboxylic acids is 1. The van der Waals surface area contributed by atoms with E-state index in [0.29, 0.717) is 36.8 Å². The van der Waals surface area contributed by atoms with Gasteiger partial charge in [0.2, 0.25) is 70.9 Å². The highest BCUT2D eigenvalue weighted by molar-refractivity contribution is 7.80.